The zero-order valence-electron chi connectivity index (χ0n) is 12.1. The molecule has 108 valence electrons. The van der Waals surface area contributed by atoms with E-state index in [2.05, 4.69) is 29.7 Å². The predicted octanol–water partition coefficient (Wildman–Crippen LogP) is 3.31. The highest BCUT2D eigenvalue weighted by Crippen LogP contribution is 2.28. The first-order chi connectivity index (χ1) is 10.0. The second-order valence-electron chi connectivity index (χ2n) is 5.30. The van der Waals surface area contributed by atoms with Gasteiger partial charge in [0.15, 0.2) is 0 Å². The van der Waals surface area contributed by atoms with Crippen molar-refractivity contribution in [3.8, 4) is 0 Å². The van der Waals surface area contributed by atoms with Crippen LogP contribution in [0.2, 0.25) is 0 Å². The molecule has 0 saturated heterocycles. The number of nitrogen functional groups attached to an aromatic ring is 1. The third kappa shape index (κ3) is 2.64. The van der Waals surface area contributed by atoms with Crippen molar-refractivity contribution < 1.29 is 0 Å². The van der Waals surface area contributed by atoms with Crippen LogP contribution in [0.3, 0.4) is 0 Å². The Bertz CT molecular complexity index is 711. The highest BCUT2D eigenvalue weighted by Gasteiger charge is 2.17. The van der Waals surface area contributed by atoms with Gasteiger partial charge in [0.05, 0.1) is 6.67 Å². The van der Waals surface area contributed by atoms with E-state index >= 15 is 0 Å². The molecule has 21 heavy (non-hydrogen) atoms. The molecule has 0 amide bonds. The van der Waals surface area contributed by atoms with Crippen molar-refractivity contribution in [1.82, 2.24) is 4.90 Å². The number of benzene rings is 2. The summed E-state index contributed by atoms with van der Waals surface area (Å²) in [5, 5.41) is 6.76. The second kappa shape index (κ2) is 5.26. The molecule has 0 unspecified atom stereocenters. The molecule has 2 aromatic rings. The van der Waals surface area contributed by atoms with Gasteiger partial charge in [-0.05, 0) is 42.8 Å². The molecule has 1 heterocycles. The van der Waals surface area contributed by atoms with Gasteiger partial charge in [0.1, 0.15) is 4.99 Å². The van der Waals surface area contributed by atoms with Gasteiger partial charge in [-0.1, -0.05) is 18.3 Å². The molecule has 0 bridgehead atoms. The summed E-state index contributed by atoms with van der Waals surface area (Å²) in [6.07, 6.45) is 0. The number of nitrogens with two attached hydrogens (primary N) is 1. The van der Waals surface area contributed by atoms with Crippen molar-refractivity contribution in [2.75, 3.05) is 30.1 Å². The molecule has 0 saturated carbocycles. The average molecular weight is 298 g/mol. The van der Waals surface area contributed by atoms with Crippen LogP contribution in [0, 0.1) is 6.92 Å². The summed E-state index contributed by atoms with van der Waals surface area (Å²) >= 11 is 5.49. The summed E-state index contributed by atoms with van der Waals surface area (Å²) in [6, 6.07) is 12.0. The number of fused-ring (bicyclic) bond motifs is 1. The largest absolute Gasteiger partial charge is 0.399 e. The summed E-state index contributed by atoms with van der Waals surface area (Å²) < 4.78 is 0. The molecule has 0 atom stereocenters. The maximum Gasteiger partial charge on any atom is 0.112 e. The molecule has 1 aliphatic rings. The molecule has 0 fully saturated rings. The summed E-state index contributed by atoms with van der Waals surface area (Å²) in [5.41, 5.74) is 11.9. The van der Waals surface area contributed by atoms with Crippen molar-refractivity contribution in [2.24, 2.45) is 0 Å². The number of anilines is 4. The number of hydrogen-bond donors (Lipinski definition) is 3. The minimum Gasteiger partial charge on any atom is -0.399 e. The fourth-order valence-corrected chi connectivity index (χ4v) is 2.60. The molecule has 4 nitrogen and oxygen atoms in total. The first kappa shape index (κ1) is 13.7. The van der Waals surface area contributed by atoms with E-state index in [0.717, 1.165) is 45.5 Å². The Morgan fingerprint density at radius 1 is 1.24 bits per heavy atom. The van der Waals surface area contributed by atoms with Crippen LogP contribution in [0.25, 0.3) is 0 Å². The third-order valence-corrected chi connectivity index (χ3v) is 4.18. The molecule has 4 N–H and O–H groups in total. The molecule has 0 spiro atoms. The number of hydrogen-bond acceptors (Lipinski definition) is 4. The summed E-state index contributed by atoms with van der Waals surface area (Å²) in [7, 11) is 1.99. The summed E-state index contributed by atoms with van der Waals surface area (Å²) in [6.45, 7) is 2.80. The Kier molecular flexibility index (Phi) is 3.43. The normalized spacial score (nSPS) is 13.6. The van der Waals surface area contributed by atoms with Gasteiger partial charge in [0.2, 0.25) is 0 Å². The highest BCUT2D eigenvalue weighted by atomic mass is 32.1. The molecule has 1 aliphatic heterocycles. The van der Waals surface area contributed by atoms with Crippen molar-refractivity contribution >= 4 is 40.0 Å². The Hall–Kier alpha value is -2.27. The average Bonchev–Trinajstić information content (AvgIpc) is 2.47. The quantitative estimate of drug-likeness (QED) is 0.586. The zero-order valence-corrected chi connectivity index (χ0v) is 12.9. The first-order valence-corrected chi connectivity index (χ1v) is 7.22. The van der Waals surface area contributed by atoms with Gasteiger partial charge in [0.25, 0.3) is 0 Å². The second-order valence-corrected chi connectivity index (χ2v) is 5.68. The van der Waals surface area contributed by atoms with Crippen LogP contribution in [0.15, 0.2) is 36.4 Å². The Balaban J connectivity index is 1.94. The van der Waals surface area contributed by atoms with Gasteiger partial charge in [-0.3, -0.25) is 0 Å². The topological polar surface area (TPSA) is 53.3 Å². The maximum absolute atomic E-state index is 5.85. The maximum atomic E-state index is 5.85. The van der Waals surface area contributed by atoms with Crippen molar-refractivity contribution in [2.45, 2.75) is 6.92 Å². The van der Waals surface area contributed by atoms with Crippen molar-refractivity contribution in [1.29, 1.82) is 0 Å². The standard InChI is InChI=1S/C16H18N4S/c1-10-3-4-11(17)7-15(10)19-12-5-6-14-13(8-12)16(21)20(2)9-18-14/h3-8,18-19H,9,17H2,1-2H3. The minimum absolute atomic E-state index is 0.743. The van der Waals surface area contributed by atoms with Crippen molar-refractivity contribution in [3.63, 3.8) is 0 Å². The van der Waals surface area contributed by atoms with Crippen LogP contribution in [0.5, 0.6) is 0 Å². The molecule has 0 radical (unpaired) electrons. The van der Waals surface area contributed by atoms with E-state index < -0.39 is 0 Å². The third-order valence-electron chi connectivity index (χ3n) is 3.64. The van der Waals surface area contributed by atoms with Crippen molar-refractivity contribution in [3.05, 3.63) is 47.5 Å². The molecule has 2 aromatic carbocycles. The fourth-order valence-electron chi connectivity index (χ4n) is 2.36. The number of nitrogens with zero attached hydrogens (tertiary/aromatic N) is 1. The van der Waals surface area contributed by atoms with E-state index in [1.54, 1.807) is 0 Å². The van der Waals surface area contributed by atoms with Crippen LogP contribution < -0.4 is 16.4 Å². The van der Waals surface area contributed by atoms with E-state index in [1.807, 2.05) is 36.2 Å². The Morgan fingerprint density at radius 2 is 2.05 bits per heavy atom. The Morgan fingerprint density at radius 3 is 2.86 bits per heavy atom. The Labute approximate surface area is 130 Å². The van der Waals surface area contributed by atoms with E-state index in [9.17, 15) is 0 Å². The van der Waals surface area contributed by atoms with Crippen LogP contribution >= 0.6 is 12.2 Å². The van der Waals surface area contributed by atoms with E-state index in [4.69, 9.17) is 18.0 Å². The molecular weight excluding hydrogens is 280 g/mol. The van der Waals surface area contributed by atoms with E-state index in [1.165, 1.54) is 0 Å². The smallest absolute Gasteiger partial charge is 0.112 e. The van der Waals surface area contributed by atoms with Crippen LogP contribution in [0.1, 0.15) is 11.1 Å². The molecular formula is C16H18N4S. The zero-order chi connectivity index (χ0) is 15.0. The molecule has 0 aromatic heterocycles. The monoisotopic (exact) mass is 298 g/mol. The lowest BCUT2D eigenvalue weighted by Crippen LogP contribution is -2.36. The lowest BCUT2D eigenvalue weighted by atomic mass is 10.1. The molecule has 3 rings (SSSR count). The predicted molar refractivity (Wildman–Crippen MR) is 93.3 cm³/mol. The summed E-state index contributed by atoms with van der Waals surface area (Å²) in [5.74, 6) is 0. The SMILES string of the molecule is Cc1ccc(N)cc1Nc1ccc2c(c1)C(=S)N(C)CN2. The molecule has 0 aliphatic carbocycles. The number of nitrogens with one attached hydrogen (secondary N) is 2. The lowest BCUT2D eigenvalue weighted by Gasteiger charge is -2.29. The lowest BCUT2D eigenvalue weighted by molar-refractivity contribution is 0.546. The van der Waals surface area contributed by atoms with Gasteiger partial charge >= 0.3 is 0 Å². The van der Waals surface area contributed by atoms with Crippen LogP contribution in [-0.4, -0.2) is 23.6 Å². The minimum atomic E-state index is 0.743. The van der Waals surface area contributed by atoms with Gasteiger partial charge < -0.3 is 21.3 Å². The number of thiocarbonyl (C=S) groups is 1. The van der Waals surface area contributed by atoms with E-state index in [0.29, 0.717) is 0 Å². The van der Waals surface area contributed by atoms with Gasteiger partial charge in [-0.2, -0.15) is 0 Å². The van der Waals surface area contributed by atoms with Gasteiger partial charge in [0, 0.05) is 35.4 Å². The van der Waals surface area contributed by atoms with Crippen LogP contribution in [-0.2, 0) is 0 Å². The number of aryl methyl sites for hydroxylation is 1. The van der Waals surface area contributed by atoms with Gasteiger partial charge in [-0.15, -0.1) is 0 Å². The molecule has 5 heteroatoms. The fraction of sp³-hybridized carbons (Fsp3) is 0.188. The van der Waals surface area contributed by atoms with Gasteiger partial charge in [-0.25, -0.2) is 0 Å². The van der Waals surface area contributed by atoms with E-state index in [-0.39, 0.29) is 0 Å². The first-order valence-electron chi connectivity index (χ1n) is 6.81. The van der Waals surface area contributed by atoms with Crippen LogP contribution in [0.4, 0.5) is 22.7 Å². The highest BCUT2D eigenvalue weighted by molar-refractivity contribution is 7.80. The number of rotatable bonds is 2. The summed E-state index contributed by atoms with van der Waals surface area (Å²) in [4.78, 5) is 2.88.